The van der Waals surface area contributed by atoms with Gasteiger partial charge in [-0.05, 0) is 12.5 Å². The number of rotatable bonds is 5. The number of hydrogen-bond donors (Lipinski definition) is 3. The molecule has 2 aromatic heterocycles. The van der Waals surface area contributed by atoms with Crippen LogP contribution in [0.4, 0.5) is 11.8 Å². The Kier molecular flexibility index (Phi) is 4.29. The van der Waals surface area contributed by atoms with Crippen LogP contribution in [0.5, 0.6) is 0 Å². The third kappa shape index (κ3) is 3.69. The molecule has 0 aliphatic carbocycles. The van der Waals surface area contributed by atoms with Gasteiger partial charge in [0.05, 0.1) is 0 Å². The molecule has 0 radical (unpaired) electrons. The van der Waals surface area contributed by atoms with Gasteiger partial charge in [0.1, 0.15) is 11.0 Å². The highest BCUT2D eigenvalue weighted by atomic mass is 32.2. The molecule has 2 heterocycles. The normalized spacial score (nSPS) is 12.0. The fourth-order valence-corrected chi connectivity index (χ4v) is 2.85. The molecule has 3 aromatic rings. The number of carbonyl (C=O) groups excluding carboxylic acids is 1. The molecule has 0 spiro atoms. The van der Waals surface area contributed by atoms with Gasteiger partial charge in [-0.2, -0.15) is 4.98 Å². The van der Waals surface area contributed by atoms with E-state index in [0.29, 0.717) is 16.7 Å². The predicted molar refractivity (Wildman–Crippen MR) is 85.7 cm³/mol. The van der Waals surface area contributed by atoms with E-state index in [1.165, 1.54) is 11.8 Å². The summed E-state index contributed by atoms with van der Waals surface area (Å²) in [5.41, 5.74) is 6.35. The van der Waals surface area contributed by atoms with Crippen molar-refractivity contribution in [2.45, 2.75) is 17.3 Å². The zero-order chi connectivity index (χ0) is 16.2. The average Bonchev–Trinajstić information content (AvgIpc) is 3.14. The van der Waals surface area contributed by atoms with Crippen LogP contribution in [0.3, 0.4) is 0 Å². The van der Waals surface area contributed by atoms with Crippen molar-refractivity contribution < 1.29 is 9.32 Å². The zero-order valence-electron chi connectivity index (χ0n) is 12.2. The van der Waals surface area contributed by atoms with Crippen LogP contribution < -0.4 is 11.1 Å². The van der Waals surface area contributed by atoms with Gasteiger partial charge in [0.15, 0.2) is 5.82 Å². The largest absolute Gasteiger partial charge is 0.368 e. The Morgan fingerprint density at radius 1 is 1.39 bits per heavy atom. The predicted octanol–water partition coefficient (Wildman–Crippen LogP) is 2.16. The molecule has 1 atom stereocenters. The smallest absolute Gasteiger partial charge is 0.243 e. The molecule has 9 heteroatoms. The second kappa shape index (κ2) is 6.53. The van der Waals surface area contributed by atoms with E-state index >= 15 is 0 Å². The van der Waals surface area contributed by atoms with Crippen LogP contribution >= 0.6 is 11.8 Å². The van der Waals surface area contributed by atoms with Crippen LogP contribution in [0.15, 0.2) is 46.1 Å². The fourth-order valence-electron chi connectivity index (χ4n) is 1.93. The summed E-state index contributed by atoms with van der Waals surface area (Å²) in [4.78, 5) is 16.7. The van der Waals surface area contributed by atoms with Gasteiger partial charge in [0, 0.05) is 6.07 Å². The Bertz CT molecular complexity index is 800. The van der Waals surface area contributed by atoms with Gasteiger partial charge in [-0.25, -0.2) is 5.10 Å². The number of aromatic nitrogens is 4. The van der Waals surface area contributed by atoms with Gasteiger partial charge >= 0.3 is 0 Å². The SMILES string of the molecule is Cc1cc(NC(=O)C(Sc2n[nH]c(N)n2)c2ccccc2)no1. The molecule has 0 saturated heterocycles. The summed E-state index contributed by atoms with van der Waals surface area (Å²) >= 11 is 1.19. The molecule has 0 bridgehead atoms. The summed E-state index contributed by atoms with van der Waals surface area (Å²) in [6.45, 7) is 1.75. The first-order chi connectivity index (χ1) is 11.1. The molecule has 0 fully saturated rings. The minimum absolute atomic E-state index is 0.201. The Morgan fingerprint density at radius 3 is 2.78 bits per heavy atom. The number of carbonyl (C=O) groups is 1. The molecule has 1 unspecified atom stereocenters. The maximum absolute atomic E-state index is 12.6. The highest BCUT2D eigenvalue weighted by Gasteiger charge is 2.24. The van der Waals surface area contributed by atoms with Crippen molar-refractivity contribution in [1.82, 2.24) is 20.3 Å². The van der Waals surface area contributed by atoms with Gasteiger partial charge in [-0.15, -0.1) is 5.10 Å². The third-order valence-electron chi connectivity index (χ3n) is 2.93. The van der Waals surface area contributed by atoms with E-state index in [1.807, 2.05) is 30.3 Å². The summed E-state index contributed by atoms with van der Waals surface area (Å²) < 4.78 is 4.95. The van der Waals surface area contributed by atoms with Crippen LogP contribution in [-0.2, 0) is 4.79 Å². The number of aryl methyl sites for hydroxylation is 1. The van der Waals surface area contributed by atoms with Crippen LogP contribution in [0.1, 0.15) is 16.6 Å². The summed E-state index contributed by atoms with van der Waals surface area (Å²) in [6, 6.07) is 11.0. The molecule has 4 N–H and O–H groups in total. The van der Waals surface area contributed by atoms with Gasteiger partial charge < -0.3 is 15.6 Å². The quantitative estimate of drug-likeness (QED) is 0.612. The van der Waals surface area contributed by atoms with Gasteiger partial charge in [0.25, 0.3) is 0 Å². The van der Waals surface area contributed by atoms with Crippen molar-refractivity contribution in [1.29, 1.82) is 0 Å². The molecule has 0 aliphatic heterocycles. The van der Waals surface area contributed by atoms with Crippen LogP contribution in [0.25, 0.3) is 0 Å². The van der Waals surface area contributed by atoms with Gasteiger partial charge in [-0.1, -0.05) is 47.3 Å². The molecule has 118 valence electrons. The molecule has 23 heavy (non-hydrogen) atoms. The first-order valence-electron chi connectivity index (χ1n) is 6.75. The summed E-state index contributed by atoms with van der Waals surface area (Å²) in [5, 5.41) is 12.9. The molecule has 0 saturated carbocycles. The first-order valence-corrected chi connectivity index (χ1v) is 7.63. The number of thioether (sulfide) groups is 1. The van der Waals surface area contributed by atoms with E-state index in [9.17, 15) is 4.79 Å². The lowest BCUT2D eigenvalue weighted by Gasteiger charge is -2.14. The van der Waals surface area contributed by atoms with Crippen molar-refractivity contribution in [2.75, 3.05) is 11.1 Å². The molecule has 1 amide bonds. The Labute approximate surface area is 135 Å². The third-order valence-corrected chi connectivity index (χ3v) is 4.04. The summed E-state index contributed by atoms with van der Waals surface area (Å²) in [5.74, 6) is 0.930. The topological polar surface area (TPSA) is 123 Å². The zero-order valence-corrected chi connectivity index (χ0v) is 13.0. The monoisotopic (exact) mass is 330 g/mol. The number of benzene rings is 1. The lowest BCUT2D eigenvalue weighted by molar-refractivity contribution is -0.115. The second-order valence-electron chi connectivity index (χ2n) is 4.72. The van der Waals surface area contributed by atoms with Gasteiger partial charge in [0.2, 0.25) is 17.0 Å². The second-order valence-corrected chi connectivity index (χ2v) is 5.80. The van der Waals surface area contributed by atoms with Crippen molar-refractivity contribution in [3.63, 3.8) is 0 Å². The number of nitrogen functional groups attached to an aromatic ring is 1. The molecule has 1 aromatic carbocycles. The van der Waals surface area contributed by atoms with Crippen molar-refractivity contribution in [2.24, 2.45) is 0 Å². The molecular formula is C14H14N6O2S. The Balaban J connectivity index is 1.83. The van der Waals surface area contributed by atoms with E-state index in [4.69, 9.17) is 10.3 Å². The lowest BCUT2D eigenvalue weighted by Crippen LogP contribution is -2.19. The van der Waals surface area contributed by atoms with E-state index < -0.39 is 5.25 Å². The number of aromatic amines is 1. The number of H-pyrrole nitrogens is 1. The van der Waals surface area contributed by atoms with Gasteiger partial charge in [-0.3, -0.25) is 4.79 Å². The number of anilines is 2. The standard InChI is InChI=1S/C14H14N6O2S/c1-8-7-10(20-22-8)16-12(21)11(9-5-3-2-4-6-9)23-14-17-13(15)18-19-14/h2-7,11H,1H3,(H,16,20,21)(H3,15,17,18,19). The average molecular weight is 330 g/mol. The summed E-state index contributed by atoms with van der Waals surface area (Å²) in [6.07, 6.45) is 0. The maximum atomic E-state index is 12.6. The van der Waals surface area contributed by atoms with E-state index in [2.05, 4.69) is 25.7 Å². The fraction of sp³-hybridized carbons (Fsp3) is 0.143. The maximum Gasteiger partial charge on any atom is 0.243 e. The van der Waals surface area contributed by atoms with Crippen molar-refractivity contribution in [3.05, 3.63) is 47.7 Å². The number of nitrogens with zero attached hydrogens (tertiary/aromatic N) is 3. The van der Waals surface area contributed by atoms with Crippen molar-refractivity contribution in [3.8, 4) is 0 Å². The minimum atomic E-state index is -0.552. The molecular weight excluding hydrogens is 316 g/mol. The Morgan fingerprint density at radius 2 is 2.17 bits per heavy atom. The molecule has 3 rings (SSSR count). The number of nitrogens with one attached hydrogen (secondary N) is 2. The van der Waals surface area contributed by atoms with Crippen LogP contribution in [-0.4, -0.2) is 26.2 Å². The van der Waals surface area contributed by atoms with Crippen LogP contribution in [0.2, 0.25) is 0 Å². The number of amides is 1. The van der Waals surface area contributed by atoms with E-state index in [1.54, 1.807) is 13.0 Å². The van der Waals surface area contributed by atoms with E-state index in [-0.39, 0.29) is 11.9 Å². The minimum Gasteiger partial charge on any atom is -0.368 e. The number of hydrogen-bond acceptors (Lipinski definition) is 7. The lowest BCUT2D eigenvalue weighted by atomic mass is 10.1. The van der Waals surface area contributed by atoms with Crippen molar-refractivity contribution >= 4 is 29.4 Å². The molecule has 8 nitrogen and oxygen atoms in total. The first kappa shape index (κ1) is 15.1. The number of nitrogens with two attached hydrogens (primary N) is 1. The Hall–Kier alpha value is -2.81. The van der Waals surface area contributed by atoms with E-state index in [0.717, 1.165) is 5.56 Å². The summed E-state index contributed by atoms with van der Waals surface area (Å²) in [7, 11) is 0. The van der Waals surface area contributed by atoms with Crippen LogP contribution in [0, 0.1) is 6.92 Å². The highest BCUT2D eigenvalue weighted by Crippen LogP contribution is 2.34. The highest BCUT2D eigenvalue weighted by molar-refractivity contribution is 8.00. The molecule has 0 aliphatic rings.